The Hall–Kier alpha value is -7.14. The van der Waals surface area contributed by atoms with Crippen molar-refractivity contribution < 1.29 is 8.42 Å². The molecule has 350 valence electrons. The van der Waals surface area contributed by atoms with Gasteiger partial charge in [0.15, 0.2) is 0 Å². The van der Waals surface area contributed by atoms with Crippen LogP contribution in [0.1, 0.15) is 24.0 Å². The third-order valence-electron chi connectivity index (χ3n) is 12.3. The molecule has 0 unspecified atom stereocenters. The first kappa shape index (κ1) is 46.9. The van der Waals surface area contributed by atoms with Gasteiger partial charge in [0.1, 0.15) is 0 Å². The number of aromatic nitrogens is 6. The van der Waals surface area contributed by atoms with E-state index >= 15 is 0 Å². The Morgan fingerprint density at radius 2 is 1.12 bits per heavy atom. The van der Waals surface area contributed by atoms with E-state index in [2.05, 4.69) is 107 Å². The zero-order valence-corrected chi connectivity index (χ0v) is 39.8. The highest BCUT2D eigenvalue weighted by Crippen LogP contribution is 2.36. The van der Waals surface area contributed by atoms with Crippen molar-refractivity contribution in [3.05, 3.63) is 173 Å². The largest absolute Gasteiger partial charge is 0.399 e. The standard InChI is InChI=1S/C29H27ClN6.C23H23ClN6.O2S/c30-26-16-32-29(33-22-14-15-35(18-22)17-20-10-12-21(31)13-11-20)34-28(26)25-19-36(23-6-2-1-3-7-23)27-9-5-4-8-24(25)27;24-20-12-27-23(29-22(20)19-11-26-21-4-2-1-3-18(19)21)28-17-9-10-30(14-17)13-15-5-7-16(25)8-6-15;1-3-2/h1-13,16,19,22H,14-15,17-18,31H2,(H,32,33,34);1-8,11-12,17,26H,9-10,13-14,25H2,(H,27,28,29);/t22-;17-;/m11./s1. The van der Waals surface area contributed by atoms with Crippen molar-refractivity contribution in [2.45, 2.75) is 38.0 Å². The summed E-state index contributed by atoms with van der Waals surface area (Å²) in [7, 11) is 0. The van der Waals surface area contributed by atoms with Gasteiger partial charge in [0, 0.05) is 108 Å². The predicted octanol–water partition coefficient (Wildman–Crippen LogP) is 9.89. The number of hydrogen-bond donors (Lipinski definition) is 5. The summed E-state index contributed by atoms with van der Waals surface area (Å²) in [6.07, 6.45) is 9.51. The molecule has 2 aliphatic rings. The Labute approximate surface area is 413 Å². The van der Waals surface area contributed by atoms with Gasteiger partial charge in [-0.1, -0.05) is 102 Å². The summed E-state index contributed by atoms with van der Waals surface area (Å²) in [6.45, 7) is 5.75. The minimum Gasteiger partial charge on any atom is -0.399 e. The monoisotopic (exact) mass is 976 g/mol. The number of nitrogens with two attached hydrogens (primary N) is 2. The number of benzene rings is 5. The Bertz CT molecular complexity index is 3200. The van der Waals surface area contributed by atoms with Gasteiger partial charge in [0.05, 0.1) is 39.3 Å². The number of para-hydroxylation sites is 3. The average Bonchev–Trinajstić information content (AvgIpc) is 4.19. The fourth-order valence-electron chi connectivity index (χ4n) is 9.00. The Morgan fingerprint density at radius 3 is 1.68 bits per heavy atom. The van der Waals surface area contributed by atoms with Crippen molar-refractivity contribution in [1.82, 2.24) is 39.3 Å². The second kappa shape index (κ2) is 21.9. The quantitative estimate of drug-likeness (QED) is 0.0773. The van der Waals surface area contributed by atoms with Crippen molar-refractivity contribution in [2.24, 2.45) is 0 Å². The highest BCUT2D eigenvalue weighted by molar-refractivity contribution is 7.51. The summed E-state index contributed by atoms with van der Waals surface area (Å²) in [6, 6.07) is 43.5. The van der Waals surface area contributed by atoms with Crippen LogP contribution in [0.25, 0.3) is 50.0 Å². The molecule has 5 aromatic carbocycles. The van der Waals surface area contributed by atoms with Crippen LogP contribution < -0.4 is 22.1 Å². The molecule has 69 heavy (non-hydrogen) atoms. The number of hydrogen-bond acceptors (Lipinski definition) is 12. The van der Waals surface area contributed by atoms with Crippen molar-refractivity contribution in [1.29, 1.82) is 0 Å². The lowest BCUT2D eigenvalue weighted by Gasteiger charge is -2.17. The van der Waals surface area contributed by atoms with E-state index in [1.807, 2.05) is 72.9 Å². The first-order valence-electron chi connectivity index (χ1n) is 22.6. The second-order valence-corrected chi connectivity index (χ2v) is 18.0. The number of anilines is 4. The summed E-state index contributed by atoms with van der Waals surface area (Å²) < 4.78 is 18.8. The first-order valence-corrected chi connectivity index (χ1v) is 24.0. The summed E-state index contributed by atoms with van der Waals surface area (Å²) in [4.78, 5) is 26.7. The molecule has 4 aromatic heterocycles. The number of nitrogens with zero attached hydrogens (tertiary/aromatic N) is 7. The Kier molecular flexibility index (Phi) is 14.9. The third kappa shape index (κ3) is 11.4. The highest BCUT2D eigenvalue weighted by Gasteiger charge is 2.25. The van der Waals surface area contributed by atoms with E-state index in [1.165, 1.54) is 11.1 Å². The maximum atomic E-state index is 8.29. The Balaban J connectivity index is 0.000000165. The molecule has 0 spiro atoms. The molecule has 0 aliphatic carbocycles. The summed E-state index contributed by atoms with van der Waals surface area (Å²) in [5.41, 5.74) is 22.4. The van der Waals surface area contributed by atoms with Crippen LogP contribution in [0.3, 0.4) is 0 Å². The second-order valence-electron chi connectivity index (χ2n) is 17.1. The van der Waals surface area contributed by atoms with E-state index in [4.69, 9.17) is 53.1 Å². The molecule has 14 nitrogen and oxygen atoms in total. The lowest BCUT2D eigenvalue weighted by atomic mass is 10.1. The van der Waals surface area contributed by atoms with Gasteiger partial charge in [-0.3, -0.25) is 9.80 Å². The predicted molar refractivity (Wildman–Crippen MR) is 279 cm³/mol. The van der Waals surface area contributed by atoms with Crippen LogP contribution in [0.2, 0.25) is 10.0 Å². The topological polar surface area (TPSA) is 189 Å². The van der Waals surface area contributed by atoms with Gasteiger partial charge < -0.3 is 31.7 Å². The van der Waals surface area contributed by atoms with E-state index in [0.29, 0.717) is 28.0 Å². The van der Waals surface area contributed by atoms with Crippen LogP contribution in [0.4, 0.5) is 23.3 Å². The van der Waals surface area contributed by atoms with Crippen LogP contribution >= 0.6 is 23.2 Å². The van der Waals surface area contributed by atoms with E-state index in [9.17, 15) is 0 Å². The van der Waals surface area contributed by atoms with Crippen LogP contribution in [-0.2, 0) is 24.7 Å². The molecule has 17 heteroatoms. The van der Waals surface area contributed by atoms with Gasteiger partial charge in [-0.25, -0.2) is 19.9 Å². The molecule has 0 saturated carbocycles. The van der Waals surface area contributed by atoms with Crippen LogP contribution in [0.5, 0.6) is 0 Å². The van der Waals surface area contributed by atoms with E-state index in [1.54, 1.807) is 12.4 Å². The zero-order valence-electron chi connectivity index (χ0n) is 37.5. The maximum Gasteiger partial charge on any atom is 0.335 e. The van der Waals surface area contributed by atoms with Gasteiger partial charge in [-0.15, -0.1) is 0 Å². The third-order valence-corrected chi connectivity index (χ3v) is 12.9. The molecule has 11 rings (SSSR count). The molecule has 0 bridgehead atoms. The van der Waals surface area contributed by atoms with Crippen LogP contribution in [-0.4, -0.2) is 86.0 Å². The number of rotatable bonds is 11. The molecular formula is C52H50Cl2N12O2S. The fraction of sp³-hybridized carbons (Fsp3) is 0.192. The summed E-state index contributed by atoms with van der Waals surface area (Å²) in [5.74, 6) is 1.21. The van der Waals surface area contributed by atoms with Gasteiger partial charge >= 0.3 is 11.6 Å². The number of H-pyrrole nitrogens is 1. The van der Waals surface area contributed by atoms with Gasteiger partial charge in [0.25, 0.3) is 0 Å². The van der Waals surface area contributed by atoms with Crippen molar-refractivity contribution in [3.63, 3.8) is 0 Å². The molecule has 6 heterocycles. The highest BCUT2D eigenvalue weighted by atomic mass is 35.5. The van der Waals surface area contributed by atoms with Crippen molar-refractivity contribution >= 4 is 79.9 Å². The van der Waals surface area contributed by atoms with Crippen molar-refractivity contribution in [2.75, 3.05) is 48.3 Å². The molecular weight excluding hydrogens is 928 g/mol. The van der Waals surface area contributed by atoms with E-state index in [0.717, 1.165) is 113 Å². The first-order chi connectivity index (χ1) is 33.7. The molecule has 2 fully saturated rings. The van der Waals surface area contributed by atoms with E-state index in [-0.39, 0.29) is 6.04 Å². The van der Waals surface area contributed by atoms with Gasteiger partial charge in [0.2, 0.25) is 11.9 Å². The minimum absolute atomic E-state index is 0.276. The molecule has 0 amide bonds. The van der Waals surface area contributed by atoms with E-state index < -0.39 is 11.6 Å². The number of nitrogens with one attached hydrogen (secondary N) is 3. The molecule has 9 aromatic rings. The molecule has 2 saturated heterocycles. The molecule has 0 radical (unpaired) electrons. The lowest BCUT2D eigenvalue weighted by Crippen LogP contribution is -2.26. The number of fused-ring (bicyclic) bond motifs is 2. The van der Waals surface area contributed by atoms with Crippen molar-refractivity contribution in [3.8, 4) is 28.2 Å². The molecule has 7 N–H and O–H groups in total. The fourth-order valence-corrected chi connectivity index (χ4v) is 9.39. The van der Waals surface area contributed by atoms with Crippen LogP contribution in [0.15, 0.2) is 152 Å². The number of nitrogen functional groups attached to an aromatic ring is 2. The molecule has 2 aliphatic heterocycles. The number of likely N-dealkylation sites (tertiary alicyclic amines) is 2. The summed E-state index contributed by atoms with van der Waals surface area (Å²) in [5, 5.41) is 10.3. The van der Waals surface area contributed by atoms with Gasteiger partial charge in [-0.05, 0) is 72.5 Å². The SMILES string of the molecule is Nc1ccc(CN2CC[C@@H](Nc3ncc(Cl)c(-c4c[nH]c5ccccc45)n3)C2)cc1.Nc1ccc(CN2CC[C@@H](Nc3ncc(Cl)c(-c4cn(-c5ccccc5)c5ccccc45)n3)C2)cc1.O=S=O. The number of halogens is 2. The smallest absolute Gasteiger partial charge is 0.335 e. The maximum absolute atomic E-state index is 8.29. The zero-order chi connectivity index (χ0) is 47.7. The van der Waals surface area contributed by atoms with Crippen LogP contribution in [0, 0.1) is 0 Å². The lowest BCUT2D eigenvalue weighted by molar-refractivity contribution is 0.328. The molecule has 2 atom stereocenters. The number of aromatic amines is 1. The minimum atomic E-state index is -0.750. The normalized spacial score (nSPS) is 15.9. The van der Waals surface area contributed by atoms with Gasteiger partial charge in [-0.2, -0.15) is 8.42 Å². The Morgan fingerprint density at radius 1 is 0.623 bits per heavy atom. The summed E-state index contributed by atoms with van der Waals surface area (Å²) >= 11 is 12.3. The average molecular weight is 978 g/mol.